The molecule has 8 heteroatoms. The number of aromatic nitrogens is 2. The molecule has 1 aromatic carbocycles. The molecule has 2 atom stereocenters. The molecule has 4 rings (SSSR count). The van der Waals surface area contributed by atoms with Crippen LogP contribution in [0.1, 0.15) is 53.4 Å². The van der Waals surface area contributed by atoms with Gasteiger partial charge in [0.25, 0.3) is 5.91 Å². The van der Waals surface area contributed by atoms with Crippen molar-refractivity contribution in [3.05, 3.63) is 52.7 Å². The number of nitrogens with one attached hydrogen (secondary N) is 1. The first-order chi connectivity index (χ1) is 14.8. The highest BCUT2D eigenvalue weighted by Gasteiger charge is 2.36. The highest BCUT2D eigenvalue weighted by molar-refractivity contribution is 6.38. The van der Waals surface area contributed by atoms with E-state index in [1.807, 2.05) is 13.8 Å². The van der Waals surface area contributed by atoms with Crippen LogP contribution < -0.4 is 4.90 Å². The van der Waals surface area contributed by atoms with E-state index in [9.17, 15) is 14.0 Å². The van der Waals surface area contributed by atoms with Crippen molar-refractivity contribution in [2.75, 3.05) is 24.5 Å². The van der Waals surface area contributed by atoms with E-state index >= 15 is 0 Å². The van der Waals surface area contributed by atoms with Gasteiger partial charge in [-0.1, -0.05) is 19.1 Å². The van der Waals surface area contributed by atoms with E-state index in [0.717, 1.165) is 11.4 Å². The first kappa shape index (κ1) is 21.1. The van der Waals surface area contributed by atoms with Crippen LogP contribution in [0.3, 0.4) is 0 Å². The summed E-state index contributed by atoms with van der Waals surface area (Å²) < 4.78 is 13.8. The van der Waals surface area contributed by atoms with Gasteiger partial charge in [0.05, 0.1) is 0 Å². The predicted octanol–water partition coefficient (Wildman–Crippen LogP) is 2.91. The molecule has 0 bridgehead atoms. The van der Waals surface area contributed by atoms with E-state index in [1.165, 1.54) is 12.4 Å². The summed E-state index contributed by atoms with van der Waals surface area (Å²) in [6, 6.07) is 4.77. The number of carbonyl (C=O) groups is 2. The van der Waals surface area contributed by atoms with Crippen molar-refractivity contribution < 1.29 is 14.0 Å². The van der Waals surface area contributed by atoms with E-state index in [-0.39, 0.29) is 41.6 Å². The smallest absolute Gasteiger partial charge is 0.267 e. The number of amides is 1. The number of anilines is 1. The van der Waals surface area contributed by atoms with E-state index < -0.39 is 0 Å². The summed E-state index contributed by atoms with van der Waals surface area (Å²) in [5.41, 5.74) is 2.51. The molecule has 1 aliphatic carbocycles. The number of Topliss-reactive ketones (excluding diaryl/α,β-unsaturated/α-hetero) is 1. The molecule has 0 saturated carbocycles. The standard InChI is InChI=1S/C23H26FN5O2/c1-13-4-5-16(9-17(13)24)10-18(25)23(31)28-6-7-29(15(3)11-28)22-20-14(2)8-19(30)21(20)26-12-27-22/h4-5,9,12,14-15,25H,6-8,10-11H2,1-3H3/t14-,15+/m1/s1. The number of aryl methyl sites for hydroxylation is 1. The fourth-order valence-corrected chi connectivity index (χ4v) is 4.44. The molecule has 2 aliphatic rings. The SMILES string of the molecule is Cc1ccc(CC(=N)C(=O)N2CCN(c3ncnc4c3[C@H](C)CC4=O)[C@@H](C)C2)cc1F. The number of ketones is 1. The van der Waals surface area contributed by atoms with Gasteiger partial charge in [-0.15, -0.1) is 0 Å². The lowest BCUT2D eigenvalue weighted by Gasteiger charge is -2.41. The summed E-state index contributed by atoms with van der Waals surface area (Å²) in [4.78, 5) is 37.5. The Balaban J connectivity index is 1.45. The number of piperazine rings is 1. The molecule has 0 radical (unpaired) electrons. The van der Waals surface area contributed by atoms with Gasteiger partial charge in [0.2, 0.25) is 0 Å². The van der Waals surface area contributed by atoms with Crippen molar-refractivity contribution in [1.29, 1.82) is 5.41 Å². The van der Waals surface area contributed by atoms with E-state index in [1.54, 1.807) is 24.0 Å². The minimum atomic E-state index is -0.330. The third kappa shape index (κ3) is 3.94. The van der Waals surface area contributed by atoms with Gasteiger partial charge in [-0.2, -0.15) is 0 Å². The summed E-state index contributed by atoms with van der Waals surface area (Å²) in [5, 5.41) is 8.24. The predicted molar refractivity (Wildman–Crippen MR) is 115 cm³/mol. The zero-order valence-corrected chi connectivity index (χ0v) is 18.0. The fraction of sp³-hybridized carbons (Fsp3) is 0.435. The van der Waals surface area contributed by atoms with E-state index in [2.05, 4.69) is 14.9 Å². The molecule has 1 N–H and O–H groups in total. The molecule has 0 spiro atoms. The maximum atomic E-state index is 13.8. The number of benzene rings is 1. The highest BCUT2D eigenvalue weighted by atomic mass is 19.1. The Kier molecular flexibility index (Phi) is 5.56. The van der Waals surface area contributed by atoms with Crippen molar-refractivity contribution in [2.45, 2.75) is 45.6 Å². The normalized spacial score (nSPS) is 20.7. The molecule has 1 aliphatic heterocycles. The van der Waals surface area contributed by atoms with Crippen LogP contribution in [0, 0.1) is 18.2 Å². The lowest BCUT2D eigenvalue weighted by molar-refractivity contribution is -0.125. The summed E-state index contributed by atoms with van der Waals surface area (Å²) >= 11 is 0. The van der Waals surface area contributed by atoms with Crippen LogP contribution in [-0.4, -0.2) is 57.9 Å². The number of hydrogen-bond donors (Lipinski definition) is 1. The molecule has 162 valence electrons. The van der Waals surface area contributed by atoms with Crippen LogP contribution in [0.5, 0.6) is 0 Å². The van der Waals surface area contributed by atoms with Crippen molar-refractivity contribution in [3.63, 3.8) is 0 Å². The molecule has 1 aromatic heterocycles. The first-order valence-corrected chi connectivity index (χ1v) is 10.5. The number of carbonyl (C=O) groups excluding carboxylic acids is 2. The third-order valence-corrected chi connectivity index (χ3v) is 6.17. The van der Waals surface area contributed by atoms with E-state index in [0.29, 0.717) is 42.9 Å². The molecule has 2 aromatic rings. The Morgan fingerprint density at radius 3 is 2.74 bits per heavy atom. The molecule has 2 heterocycles. The van der Waals surface area contributed by atoms with Crippen LogP contribution in [0.4, 0.5) is 10.2 Å². The Bertz CT molecular complexity index is 1070. The van der Waals surface area contributed by atoms with Crippen molar-refractivity contribution in [1.82, 2.24) is 14.9 Å². The second kappa shape index (κ2) is 8.17. The monoisotopic (exact) mass is 423 g/mol. The lowest BCUT2D eigenvalue weighted by atomic mass is 10.0. The summed E-state index contributed by atoms with van der Waals surface area (Å²) in [7, 11) is 0. The molecule has 1 saturated heterocycles. The van der Waals surface area contributed by atoms with Gasteiger partial charge >= 0.3 is 0 Å². The van der Waals surface area contributed by atoms with E-state index in [4.69, 9.17) is 5.41 Å². The summed E-state index contributed by atoms with van der Waals surface area (Å²) in [5.74, 6) is 0.240. The first-order valence-electron chi connectivity index (χ1n) is 10.5. The number of hydrogen-bond acceptors (Lipinski definition) is 6. The molecule has 1 amide bonds. The molecular formula is C23H26FN5O2. The lowest BCUT2D eigenvalue weighted by Crippen LogP contribution is -2.55. The average molecular weight is 423 g/mol. The van der Waals surface area contributed by atoms with Crippen LogP contribution in [-0.2, 0) is 11.2 Å². The Morgan fingerprint density at radius 1 is 1.26 bits per heavy atom. The minimum Gasteiger partial charge on any atom is -0.350 e. The summed E-state index contributed by atoms with van der Waals surface area (Å²) in [6.45, 7) is 7.16. The zero-order valence-electron chi connectivity index (χ0n) is 18.0. The quantitative estimate of drug-likeness (QED) is 0.764. The van der Waals surface area contributed by atoms with Gasteiger partial charge in [0, 0.05) is 44.1 Å². The second-order valence-corrected chi connectivity index (χ2v) is 8.52. The van der Waals surface area contributed by atoms with Crippen LogP contribution in [0.2, 0.25) is 0 Å². The Morgan fingerprint density at radius 2 is 2.03 bits per heavy atom. The highest BCUT2D eigenvalue weighted by Crippen LogP contribution is 2.38. The fourth-order valence-electron chi connectivity index (χ4n) is 4.44. The maximum Gasteiger partial charge on any atom is 0.267 e. The number of fused-ring (bicyclic) bond motifs is 1. The van der Waals surface area contributed by atoms with Crippen molar-refractivity contribution in [3.8, 4) is 0 Å². The molecule has 1 fully saturated rings. The van der Waals surface area contributed by atoms with Crippen LogP contribution in [0.15, 0.2) is 24.5 Å². The van der Waals surface area contributed by atoms with Crippen LogP contribution in [0.25, 0.3) is 0 Å². The maximum absolute atomic E-state index is 13.8. The molecular weight excluding hydrogens is 397 g/mol. The number of rotatable bonds is 4. The average Bonchev–Trinajstić information content (AvgIpc) is 3.04. The van der Waals surface area contributed by atoms with Crippen molar-refractivity contribution in [2.24, 2.45) is 0 Å². The molecule has 31 heavy (non-hydrogen) atoms. The molecule has 7 nitrogen and oxygen atoms in total. The van der Waals surface area contributed by atoms with Gasteiger partial charge in [-0.25, -0.2) is 14.4 Å². The third-order valence-electron chi connectivity index (χ3n) is 6.17. The largest absolute Gasteiger partial charge is 0.350 e. The number of nitrogens with zero attached hydrogens (tertiary/aromatic N) is 4. The molecule has 0 unspecified atom stereocenters. The van der Waals surface area contributed by atoms with Gasteiger partial charge in [-0.3, -0.25) is 15.0 Å². The van der Waals surface area contributed by atoms with Gasteiger partial charge < -0.3 is 9.80 Å². The Labute approximate surface area is 180 Å². The van der Waals surface area contributed by atoms with Gasteiger partial charge in [-0.05, 0) is 37.0 Å². The minimum absolute atomic E-state index is 0.0239. The van der Waals surface area contributed by atoms with Crippen LogP contribution >= 0.6 is 0 Å². The Hall–Kier alpha value is -3.16. The second-order valence-electron chi connectivity index (χ2n) is 8.52. The van der Waals surface area contributed by atoms with Gasteiger partial charge in [0.1, 0.15) is 29.4 Å². The number of halogens is 1. The zero-order chi connectivity index (χ0) is 22.3. The topological polar surface area (TPSA) is 90.2 Å². The van der Waals surface area contributed by atoms with Gasteiger partial charge in [0.15, 0.2) is 5.78 Å². The van der Waals surface area contributed by atoms with Crippen molar-refractivity contribution >= 4 is 23.2 Å². The summed E-state index contributed by atoms with van der Waals surface area (Å²) in [6.07, 6.45) is 1.99.